The fourth-order valence-corrected chi connectivity index (χ4v) is 4.07. The van der Waals surface area contributed by atoms with Gasteiger partial charge in [0.15, 0.2) is 7.37 Å². The Kier molecular flexibility index (Phi) is 7.65. The topological polar surface area (TPSA) is 173 Å². The van der Waals surface area contributed by atoms with Crippen LogP contribution < -0.4 is 0 Å². The molecule has 0 aromatic heterocycles. The van der Waals surface area contributed by atoms with Crippen molar-refractivity contribution in [2.24, 2.45) is 0 Å². The summed E-state index contributed by atoms with van der Waals surface area (Å²) < 4.78 is 32.4. The van der Waals surface area contributed by atoms with Gasteiger partial charge in [0.25, 0.3) is 5.08 Å². The summed E-state index contributed by atoms with van der Waals surface area (Å²) in [5.41, 5.74) is 0. The molecule has 0 rings (SSSR count). The van der Waals surface area contributed by atoms with Gasteiger partial charge in [0, 0.05) is 19.2 Å². The molecular formula is C4H14NaO9P3. The van der Waals surface area contributed by atoms with E-state index in [1.165, 1.54) is 0 Å². The Labute approximate surface area is 119 Å². The maximum atomic E-state index is 10.9. The predicted molar refractivity (Wildman–Crippen MR) is 61.4 cm³/mol. The first kappa shape index (κ1) is 20.8. The van der Waals surface area contributed by atoms with Crippen molar-refractivity contribution >= 4 is 52.1 Å². The number of hydrogen-bond acceptors (Lipinski definition) is 4. The van der Waals surface area contributed by atoms with Crippen molar-refractivity contribution < 1.29 is 43.3 Å². The summed E-state index contributed by atoms with van der Waals surface area (Å²) in [5, 5.41) is 5.67. The van der Waals surface area contributed by atoms with Crippen LogP contribution in [0, 0.1) is 0 Å². The summed E-state index contributed by atoms with van der Waals surface area (Å²) in [5.74, 6) is 0. The van der Waals surface area contributed by atoms with Gasteiger partial charge in [-0.2, -0.15) is 0 Å². The molecule has 17 heavy (non-hydrogen) atoms. The summed E-state index contributed by atoms with van der Waals surface area (Å²) in [6.07, 6.45) is -1.99. The van der Waals surface area contributed by atoms with E-state index < -0.39 is 40.2 Å². The summed E-state index contributed by atoms with van der Waals surface area (Å²) in [6.45, 7) is 0.840. The minimum absolute atomic E-state index is 0. The molecule has 1 unspecified atom stereocenters. The van der Waals surface area contributed by atoms with Crippen molar-refractivity contribution in [1.29, 1.82) is 0 Å². The molecule has 0 aromatic carbocycles. The summed E-state index contributed by atoms with van der Waals surface area (Å²) in [6, 6.07) is 0. The second-order valence-corrected chi connectivity index (χ2v) is 9.94. The molecule has 0 aromatic rings. The Hall–Kier alpha value is 1.45. The third-order valence-electron chi connectivity index (χ3n) is 1.80. The minimum atomic E-state index is -5.54. The van der Waals surface area contributed by atoms with Gasteiger partial charge in [0.2, 0.25) is 0 Å². The van der Waals surface area contributed by atoms with Crippen molar-refractivity contribution in [1.82, 2.24) is 0 Å². The summed E-state index contributed by atoms with van der Waals surface area (Å²) in [4.78, 5) is 43.5. The second-order valence-electron chi connectivity index (χ2n) is 3.39. The van der Waals surface area contributed by atoms with Crippen LogP contribution in [0.2, 0.25) is 0 Å². The predicted octanol–water partition coefficient (Wildman–Crippen LogP) is -1.37. The van der Waals surface area contributed by atoms with Gasteiger partial charge in [0.05, 0.1) is 0 Å². The molecule has 0 radical (unpaired) electrons. The van der Waals surface area contributed by atoms with E-state index in [-0.39, 0.29) is 29.6 Å². The molecule has 9 nitrogen and oxygen atoms in total. The average Bonchev–Trinajstić information content (AvgIpc) is 1.93. The van der Waals surface area contributed by atoms with Gasteiger partial charge < -0.3 is 29.6 Å². The van der Waals surface area contributed by atoms with E-state index in [9.17, 15) is 18.8 Å². The Bertz CT molecular complexity index is 367. The van der Waals surface area contributed by atoms with Gasteiger partial charge in [-0.15, -0.1) is 0 Å². The summed E-state index contributed by atoms with van der Waals surface area (Å²) >= 11 is 0. The van der Waals surface area contributed by atoms with Crippen LogP contribution in [0.3, 0.4) is 0 Å². The van der Waals surface area contributed by atoms with Crippen LogP contribution in [-0.2, 0) is 13.7 Å². The van der Waals surface area contributed by atoms with Gasteiger partial charge in [-0.1, -0.05) is 0 Å². The van der Waals surface area contributed by atoms with Crippen molar-refractivity contribution in [2.45, 2.75) is 11.5 Å². The van der Waals surface area contributed by atoms with Gasteiger partial charge in [-0.3, -0.25) is 13.7 Å². The van der Waals surface area contributed by atoms with Crippen molar-refractivity contribution in [3.63, 3.8) is 0 Å². The molecule has 13 heteroatoms. The Morgan fingerprint density at radius 1 is 0.941 bits per heavy atom. The van der Waals surface area contributed by atoms with Crippen LogP contribution in [0.1, 0.15) is 6.42 Å². The third-order valence-corrected chi connectivity index (χ3v) is 6.72. The number of aliphatic hydroxyl groups is 1. The molecule has 1 atom stereocenters. The van der Waals surface area contributed by atoms with E-state index in [4.69, 9.17) is 24.5 Å². The normalized spacial score (nSPS) is 17.1. The van der Waals surface area contributed by atoms with Gasteiger partial charge in [0.1, 0.15) is 0 Å². The number of rotatable bonds is 5. The molecule has 0 saturated carbocycles. The van der Waals surface area contributed by atoms with Crippen molar-refractivity contribution in [2.75, 3.05) is 12.8 Å². The van der Waals surface area contributed by atoms with Crippen LogP contribution in [-0.4, -0.2) is 77.0 Å². The van der Waals surface area contributed by atoms with Crippen LogP contribution in [0.4, 0.5) is 0 Å². The molecule has 0 amide bonds. The van der Waals surface area contributed by atoms with Gasteiger partial charge in [-0.25, -0.2) is 0 Å². The molecule has 0 aliphatic heterocycles. The molecule has 0 aliphatic carbocycles. The van der Waals surface area contributed by atoms with Crippen LogP contribution in [0.5, 0.6) is 0 Å². The first-order valence-electron chi connectivity index (χ1n) is 3.84. The SMILES string of the molecule is CP(=O)(O)CCC(O)(P(=O)(O)O)P(=O)(O)O.[NaH]. The van der Waals surface area contributed by atoms with E-state index in [0.717, 1.165) is 6.66 Å². The van der Waals surface area contributed by atoms with E-state index >= 15 is 0 Å². The van der Waals surface area contributed by atoms with E-state index in [1.54, 1.807) is 0 Å². The molecule has 0 aliphatic rings. The molecule has 0 spiro atoms. The molecular weight excluding hydrogens is 308 g/mol. The Balaban J connectivity index is 0. The van der Waals surface area contributed by atoms with Crippen LogP contribution in [0.15, 0.2) is 0 Å². The monoisotopic (exact) mass is 322 g/mol. The van der Waals surface area contributed by atoms with E-state index in [0.29, 0.717) is 0 Å². The quantitative estimate of drug-likeness (QED) is 0.264. The second kappa shape index (κ2) is 6.27. The fourth-order valence-electron chi connectivity index (χ4n) is 0.818. The summed E-state index contributed by atoms with van der Waals surface area (Å²) in [7, 11) is -14.8. The Morgan fingerprint density at radius 2 is 1.24 bits per heavy atom. The first-order valence-corrected chi connectivity index (χ1v) is 9.35. The molecule has 0 bridgehead atoms. The maximum absolute atomic E-state index is 10.9. The van der Waals surface area contributed by atoms with Crippen LogP contribution >= 0.6 is 22.6 Å². The molecule has 0 heterocycles. The van der Waals surface area contributed by atoms with Gasteiger partial charge >= 0.3 is 44.7 Å². The molecule has 0 saturated heterocycles. The zero-order valence-corrected chi connectivity index (χ0v) is 10.8. The van der Waals surface area contributed by atoms with Gasteiger partial charge in [-0.05, 0) is 0 Å². The third kappa shape index (κ3) is 5.95. The molecule has 0 fully saturated rings. The zero-order valence-electron chi connectivity index (χ0n) is 8.16. The van der Waals surface area contributed by atoms with Crippen molar-refractivity contribution in [3.8, 4) is 0 Å². The van der Waals surface area contributed by atoms with E-state index in [1.807, 2.05) is 0 Å². The van der Waals surface area contributed by atoms with Crippen molar-refractivity contribution in [3.05, 3.63) is 0 Å². The first-order chi connectivity index (χ1) is 6.71. The molecule has 100 valence electrons. The average molecular weight is 322 g/mol. The van der Waals surface area contributed by atoms with Crippen LogP contribution in [0.25, 0.3) is 0 Å². The van der Waals surface area contributed by atoms with E-state index in [2.05, 4.69) is 0 Å². The molecule has 6 N–H and O–H groups in total. The fraction of sp³-hybridized carbons (Fsp3) is 1.00. The Morgan fingerprint density at radius 3 is 1.41 bits per heavy atom. The zero-order chi connectivity index (χ0) is 13.4. The number of hydrogen-bond donors (Lipinski definition) is 6. The standard InChI is InChI=1S/C4H13O9P3.Na.H/c1-14(6,7)3-2-4(5,15(8,9)10)16(11,12)13;;/h5H,2-3H2,1H3,(H,6,7)(H2,8,9,10)(H2,11,12,13);;.